The van der Waals surface area contributed by atoms with Gasteiger partial charge in [0.1, 0.15) is 0 Å². The topological polar surface area (TPSA) is 57.5 Å². The molecule has 0 aromatic carbocycles. The minimum absolute atomic E-state index is 0.492. The first-order valence-electron chi connectivity index (χ1n) is 5.92. The van der Waals surface area contributed by atoms with Gasteiger partial charge in [0.2, 0.25) is 0 Å². The monoisotopic (exact) mass is 216 g/mol. The van der Waals surface area contributed by atoms with Gasteiger partial charge in [0.05, 0.1) is 11.5 Å². The third-order valence-electron chi connectivity index (χ3n) is 3.33. The van der Waals surface area contributed by atoms with E-state index in [1.165, 1.54) is 0 Å². The largest absolute Gasteiger partial charge is 0.481 e. The normalized spacial score (nSPS) is 17.1. The molecular formula is C12H24O3. The van der Waals surface area contributed by atoms with Gasteiger partial charge in [0.25, 0.3) is 0 Å². The molecule has 0 rings (SSSR count). The lowest BCUT2D eigenvalue weighted by Crippen LogP contribution is -2.40. The van der Waals surface area contributed by atoms with Gasteiger partial charge in [-0.1, -0.05) is 39.5 Å². The first kappa shape index (κ1) is 14.4. The SMILES string of the molecule is CCCCCCC(CC)(C(=O)O)C(C)O. The van der Waals surface area contributed by atoms with Gasteiger partial charge in [-0.05, 0) is 19.8 Å². The van der Waals surface area contributed by atoms with Crippen molar-refractivity contribution in [3.05, 3.63) is 0 Å². The number of carboxylic acid groups (broad SMARTS) is 1. The predicted molar refractivity (Wildman–Crippen MR) is 60.8 cm³/mol. The zero-order valence-corrected chi connectivity index (χ0v) is 10.1. The minimum Gasteiger partial charge on any atom is -0.481 e. The highest BCUT2D eigenvalue weighted by Gasteiger charge is 2.40. The Labute approximate surface area is 92.5 Å². The zero-order chi connectivity index (χ0) is 11.9. The molecule has 0 saturated heterocycles. The summed E-state index contributed by atoms with van der Waals surface area (Å²) in [5, 5.41) is 18.8. The van der Waals surface area contributed by atoms with Crippen LogP contribution in [-0.4, -0.2) is 22.3 Å². The maximum absolute atomic E-state index is 11.2. The van der Waals surface area contributed by atoms with Crippen LogP contribution in [0.5, 0.6) is 0 Å². The smallest absolute Gasteiger partial charge is 0.312 e. The van der Waals surface area contributed by atoms with Crippen molar-refractivity contribution in [3.63, 3.8) is 0 Å². The molecule has 0 amide bonds. The number of hydrogen-bond donors (Lipinski definition) is 2. The Morgan fingerprint density at radius 3 is 2.20 bits per heavy atom. The second-order valence-electron chi connectivity index (χ2n) is 4.30. The quantitative estimate of drug-likeness (QED) is 0.613. The molecule has 0 aromatic heterocycles. The molecule has 0 radical (unpaired) electrons. The van der Waals surface area contributed by atoms with E-state index in [1.54, 1.807) is 6.92 Å². The van der Waals surface area contributed by atoms with Crippen molar-refractivity contribution in [1.29, 1.82) is 0 Å². The maximum atomic E-state index is 11.2. The van der Waals surface area contributed by atoms with E-state index in [2.05, 4.69) is 6.92 Å². The van der Waals surface area contributed by atoms with Gasteiger partial charge in [-0.3, -0.25) is 4.79 Å². The summed E-state index contributed by atoms with van der Waals surface area (Å²) in [5.41, 5.74) is -0.937. The van der Waals surface area contributed by atoms with Crippen molar-refractivity contribution in [1.82, 2.24) is 0 Å². The second kappa shape index (κ2) is 6.83. The van der Waals surface area contributed by atoms with Crippen LogP contribution in [0.4, 0.5) is 0 Å². The molecule has 0 heterocycles. The molecule has 0 aliphatic carbocycles. The standard InChI is InChI=1S/C12H24O3/c1-4-6-7-8-9-12(5-2,10(3)13)11(14)15/h10,13H,4-9H2,1-3H3,(H,14,15). The number of hydrogen-bond acceptors (Lipinski definition) is 2. The van der Waals surface area contributed by atoms with Crippen LogP contribution in [0.1, 0.15) is 59.3 Å². The fourth-order valence-electron chi connectivity index (χ4n) is 1.99. The van der Waals surface area contributed by atoms with Crippen LogP contribution in [0.25, 0.3) is 0 Å². The van der Waals surface area contributed by atoms with E-state index in [-0.39, 0.29) is 0 Å². The van der Waals surface area contributed by atoms with Gasteiger partial charge in [-0.2, -0.15) is 0 Å². The number of aliphatic hydroxyl groups excluding tert-OH is 1. The van der Waals surface area contributed by atoms with Crippen LogP contribution >= 0.6 is 0 Å². The van der Waals surface area contributed by atoms with E-state index in [0.717, 1.165) is 25.7 Å². The van der Waals surface area contributed by atoms with Gasteiger partial charge in [0.15, 0.2) is 0 Å². The second-order valence-corrected chi connectivity index (χ2v) is 4.30. The molecule has 0 aliphatic heterocycles. The third kappa shape index (κ3) is 3.82. The highest BCUT2D eigenvalue weighted by Crippen LogP contribution is 2.33. The average molecular weight is 216 g/mol. The highest BCUT2D eigenvalue weighted by atomic mass is 16.4. The van der Waals surface area contributed by atoms with Crippen molar-refractivity contribution in [2.75, 3.05) is 0 Å². The maximum Gasteiger partial charge on any atom is 0.312 e. The van der Waals surface area contributed by atoms with Crippen LogP contribution in [0.2, 0.25) is 0 Å². The summed E-state index contributed by atoms with van der Waals surface area (Å²) in [6.07, 6.45) is 4.52. The first-order chi connectivity index (χ1) is 7.01. The van der Waals surface area contributed by atoms with Gasteiger partial charge in [-0.15, -0.1) is 0 Å². The molecule has 3 nitrogen and oxygen atoms in total. The van der Waals surface area contributed by atoms with E-state index in [9.17, 15) is 15.0 Å². The predicted octanol–water partition coefficient (Wildman–Crippen LogP) is 2.82. The van der Waals surface area contributed by atoms with E-state index >= 15 is 0 Å². The molecule has 0 aliphatic rings. The number of unbranched alkanes of at least 4 members (excludes halogenated alkanes) is 3. The number of aliphatic carboxylic acids is 1. The molecule has 15 heavy (non-hydrogen) atoms. The summed E-state index contributed by atoms with van der Waals surface area (Å²) in [5.74, 6) is -0.864. The van der Waals surface area contributed by atoms with E-state index in [1.807, 2.05) is 6.92 Å². The molecule has 2 N–H and O–H groups in total. The molecule has 0 saturated carbocycles. The van der Waals surface area contributed by atoms with Gasteiger partial charge in [0, 0.05) is 0 Å². The van der Waals surface area contributed by atoms with Crippen LogP contribution in [0, 0.1) is 5.41 Å². The lowest BCUT2D eigenvalue weighted by Gasteiger charge is -2.31. The summed E-state index contributed by atoms with van der Waals surface area (Å²) in [6, 6.07) is 0. The van der Waals surface area contributed by atoms with E-state index in [4.69, 9.17) is 0 Å². The Morgan fingerprint density at radius 2 is 1.87 bits per heavy atom. The van der Waals surface area contributed by atoms with Crippen molar-refractivity contribution < 1.29 is 15.0 Å². The van der Waals surface area contributed by atoms with Crippen molar-refractivity contribution in [2.24, 2.45) is 5.41 Å². The molecule has 3 heteroatoms. The van der Waals surface area contributed by atoms with E-state index in [0.29, 0.717) is 12.8 Å². The molecule has 90 valence electrons. The van der Waals surface area contributed by atoms with Crippen LogP contribution < -0.4 is 0 Å². The Bertz CT molecular complexity index is 189. The lowest BCUT2D eigenvalue weighted by molar-refractivity contribution is -0.157. The summed E-state index contributed by atoms with van der Waals surface area (Å²) >= 11 is 0. The van der Waals surface area contributed by atoms with Gasteiger partial charge >= 0.3 is 5.97 Å². The van der Waals surface area contributed by atoms with Crippen molar-refractivity contribution in [2.45, 2.75) is 65.4 Å². The number of aliphatic hydroxyl groups is 1. The Kier molecular flexibility index (Phi) is 6.57. The van der Waals surface area contributed by atoms with Crippen molar-refractivity contribution >= 4 is 5.97 Å². The summed E-state index contributed by atoms with van der Waals surface area (Å²) in [7, 11) is 0. The molecular weight excluding hydrogens is 192 g/mol. The molecule has 0 bridgehead atoms. The van der Waals surface area contributed by atoms with Gasteiger partial charge in [-0.25, -0.2) is 0 Å². The molecule has 0 spiro atoms. The summed E-state index contributed by atoms with van der Waals surface area (Å²) in [4.78, 5) is 11.2. The summed E-state index contributed by atoms with van der Waals surface area (Å²) in [6.45, 7) is 5.54. The lowest BCUT2D eigenvalue weighted by atomic mass is 9.76. The molecule has 2 atom stereocenters. The van der Waals surface area contributed by atoms with Crippen LogP contribution in [-0.2, 0) is 4.79 Å². The number of carbonyl (C=O) groups is 1. The Hall–Kier alpha value is -0.570. The molecule has 0 aromatic rings. The first-order valence-corrected chi connectivity index (χ1v) is 5.92. The van der Waals surface area contributed by atoms with E-state index < -0.39 is 17.5 Å². The highest BCUT2D eigenvalue weighted by molar-refractivity contribution is 5.75. The van der Waals surface area contributed by atoms with Crippen LogP contribution in [0.15, 0.2) is 0 Å². The minimum atomic E-state index is -0.937. The van der Waals surface area contributed by atoms with Crippen LogP contribution in [0.3, 0.4) is 0 Å². The Balaban J connectivity index is 4.30. The fraction of sp³-hybridized carbons (Fsp3) is 0.917. The molecule has 0 fully saturated rings. The van der Waals surface area contributed by atoms with Gasteiger partial charge < -0.3 is 10.2 Å². The number of carboxylic acids is 1. The molecule has 2 unspecified atom stereocenters. The zero-order valence-electron chi connectivity index (χ0n) is 10.1. The fourth-order valence-corrected chi connectivity index (χ4v) is 1.99. The number of rotatable bonds is 8. The Morgan fingerprint density at radius 1 is 1.27 bits per heavy atom. The average Bonchev–Trinajstić information content (AvgIpc) is 2.17. The summed E-state index contributed by atoms with van der Waals surface area (Å²) < 4.78 is 0. The van der Waals surface area contributed by atoms with Crippen molar-refractivity contribution in [3.8, 4) is 0 Å². The third-order valence-corrected chi connectivity index (χ3v) is 3.33.